The highest BCUT2D eigenvalue weighted by Gasteiger charge is 2.09. The fourth-order valence-corrected chi connectivity index (χ4v) is 2.04. The average molecular weight is 165 g/mol. The third kappa shape index (κ3) is 2.15. The molecule has 0 aliphatic heterocycles. The molecule has 0 saturated heterocycles. The summed E-state index contributed by atoms with van der Waals surface area (Å²) in [6.07, 6.45) is 3.76. The minimum absolute atomic E-state index is 0.519. The van der Waals surface area contributed by atoms with Gasteiger partial charge in [-0.05, 0) is 23.2 Å². The van der Waals surface area contributed by atoms with Crippen LogP contribution in [0.4, 0.5) is 0 Å². The second kappa shape index (κ2) is 3.67. The molecule has 1 heterocycles. The summed E-state index contributed by atoms with van der Waals surface area (Å²) >= 11 is 0. The van der Waals surface area contributed by atoms with Gasteiger partial charge in [0.2, 0.25) is 0 Å². The van der Waals surface area contributed by atoms with E-state index in [1.54, 1.807) is 0 Å². The van der Waals surface area contributed by atoms with Crippen LogP contribution < -0.4 is 0 Å². The van der Waals surface area contributed by atoms with E-state index in [1.807, 2.05) is 12.4 Å². The Labute approximate surface area is 70.1 Å². The van der Waals surface area contributed by atoms with Crippen molar-refractivity contribution in [2.75, 3.05) is 0 Å². The van der Waals surface area contributed by atoms with E-state index in [0.29, 0.717) is 0 Å². The summed E-state index contributed by atoms with van der Waals surface area (Å²) in [7, 11) is -0.519. The Morgan fingerprint density at radius 1 is 1.27 bits per heavy atom. The van der Waals surface area contributed by atoms with Crippen molar-refractivity contribution in [3.63, 3.8) is 0 Å². The van der Waals surface area contributed by atoms with Crippen molar-refractivity contribution < 1.29 is 0 Å². The number of nitrogens with zero attached hydrogens (tertiary/aromatic N) is 1. The molecule has 1 aromatic heterocycles. The van der Waals surface area contributed by atoms with Crippen molar-refractivity contribution in [3.8, 4) is 0 Å². The standard InChI is InChI=1S/C9H15NSi/c1-8(11(2)3)9-4-6-10-7-5-9/h4-8,11H,1-3H3. The second-order valence-electron chi connectivity index (χ2n) is 3.31. The topological polar surface area (TPSA) is 12.9 Å². The first kappa shape index (κ1) is 8.46. The molecule has 0 aliphatic rings. The Morgan fingerprint density at radius 2 is 1.82 bits per heavy atom. The largest absolute Gasteiger partial charge is 0.265 e. The fourth-order valence-electron chi connectivity index (χ4n) is 1.05. The van der Waals surface area contributed by atoms with Gasteiger partial charge in [0, 0.05) is 21.2 Å². The second-order valence-corrected chi connectivity index (χ2v) is 6.80. The Morgan fingerprint density at radius 3 is 2.27 bits per heavy atom. The molecule has 0 saturated carbocycles. The van der Waals surface area contributed by atoms with E-state index in [1.165, 1.54) is 5.56 Å². The van der Waals surface area contributed by atoms with E-state index in [2.05, 4.69) is 37.1 Å². The maximum atomic E-state index is 4.00. The highest BCUT2D eigenvalue weighted by atomic mass is 28.3. The van der Waals surface area contributed by atoms with E-state index in [4.69, 9.17) is 0 Å². The molecule has 0 aromatic carbocycles. The lowest BCUT2D eigenvalue weighted by molar-refractivity contribution is 1.03. The summed E-state index contributed by atoms with van der Waals surface area (Å²) in [4.78, 5) is 4.00. The molecular formula is C9H15NSi. The van der Waals surface area contributed by atoms with Gasteiger partial charge in [-0.1, -0.05) is 20.0 Å². The molecule has 1 atom stereocenters. The Hall–Kier alpha value is -0.633. The lowest BCUT2D eigenvalue weighted by Gasteiger charge is -2.13. The molecule has 1 aromatic rings. The van der Waals surface area contributed by atoms with Crippen molar-refractivity contribution in [3.05, 3.63) is 30.1 Å². The number of rotatable bonds is 2. The van der Waals surface area contributed by atoms with Crippen LogP contribution in [0.1, 0.15) is 18.0 Å². The monoisotopic (exact) mass is 165 g/mol. The van der Waals surface area contributed by atoms with Gasteiger partial charge in [0.1, 0.15) is 0 Å². The van der Waals surface area contributed by atoms with Crippen LogP contribution in [0, 0.1) is 0 Å². The molecule has 2 heteroatoms. The Balaban J connectivity index is 2.77. The number of hydrogen-bond donors (Lipinski definition) is 0. The van der Waals surface area contributed by atoms with Crippen LogP contribution in [-0.2, 0) is 0 Å². The molecule has 0 bridgehead atoms. The zero-order valence-electron chi connectivity index (χ0n) is 7.41. The highest BCUT2D eigenvalue weighted by molar-refractivity contribution is 6.57. The lowest BCUT2D eigenvalue weighted by Crippen LogP contribution is -2.12. The normalized spacial score (nSPS) is 13.5. The minimum atomic E-state index is -0.519. The highest BCUT2D eigenvalue weighted by Crippen LogP contribution is 2.16. The molecule has 1 nitrogen and oxygen atoms in total. The predicted molar refractivity (Wildman–Crippen MR) is 51.5 cm³/mol. The van der Waals surface area contributed by atoms with E-state index in [-0.39, 0.29) is 0 Å². The summed E-state index contributed by atoms with van der Waals surface area (Å²) in [5.74, 6) is 0. The third-order valence-corrected chi connectivity index (χ3v) is 4.62. The molecule has 0 amide bonds. The molecule has 1 unspecified atom stereocenters. The first-order valence-corrected chi connectivity index (χ1v) is 7.09. The SMILES string of the molecule is CC(c1ccncc1)[SiH](C)C. The molecule has 0 spiro atoms. The van der Waals surface area contributed by atoms with Gasteiger partial charge in [0.15, 0.2) is 0 Å². The predicted octanol–water partition coefficient (Wildman–Crippen LogP) is 2.21. The van der Waals surface area contributed by atoms with Gasteiger partial charge in [-0.25, -0.2) is 0 Å². The van der Waals surface area contributed by atoms with Gasteiger partial charge in [-0.2, -0.15) is 0 Å². The van der Waals surface area contributed by atoms with E-state index in [0.717, 1.165) is 5.54 Å². The van der Waals surface area contributed by atoms with E-state index in [9.17, 15) is 0 Å². The fraction of sp³-hybridized carbons (Fsp3) is 0.444. The van der Waals surface area contributed by atoms with Crippen LogP contribution >= 0.6 is 0 Å². The first-order chi connectivity index (χ1) is 5.22. The van der Waals surface area contributed by atoms with Gasteiger partial charge in [-0.15, -0.1) is 0 Å². The van der Waals surface area contributed by atoms with Crippen molar-refractivity contribution in [1.29, 1.82) is 0 Å². The summed E-state index contributed by atoms with van der Waals surface area (Å²) < 4.78 is 0. The van der Waals surface area contributed by atoms with Crippen LogP contribution in [0.3, 0.4) is 0 Å². The molecule has 0 fully saturated rings. The molecule has 60 valence electrons. The molecule has 0 N–H and O–H groups in total. The number of pyridine rings is 1. The van der Waals surface area contributed by atoms with Crippen molar-refractivity contribution in [1.82, 2.24) is 4.98 Å². The van der Waals surface area contributed by atoms with Crippen LogP contribution in [0.2, 0.25) is 13.1 Å². The zero-order chi connectivity index (χ0) is 8.27. The smallest absolute Gasteiger partial charge is 0.0384 e. The molecule has 11 heavy (non-hydrogen) atoms. The lowest BCUT2D eigenvalue weighted by atomic mass is 10.2. The van der Waals surface area contributed by atoms with Crippen LogP contribution in [0.15, 0.2) is 24.5 Å². The van der Waals surface area contributed by atoms with E-state index < -0.39 is 8.80 Å². The molecular weight excluding hydrogens is 150 g/mol. The third-order valence-electron chi connectivity index (χ3n) is 2.23. The summed E-state index contributed by atoms with van der Waals surface area (Å²) in [5, 5.41) is 0. The van der Waals surface area contributed by atoms with Crippen LogP contribution in [0.25, 0.3) is 0 Å². The summed E-state index contributed by atoms with van der Waals surface area (Å²) in [6, 6.07) is 4.25. The van der Waals surface area contributed by atoms with Gasteiger partial charge >= 0.3 is 0 Å². The average Bonchev–Trinajstić information content (AvgIpc) is 2.05. The van der Waals surface area contributed by atoms with Gasteiger partial charge in [0.05, 0.1) is 0 Å². The summed E-state index contributed by atoms with van der Waals surface area (Å²) in [6.45, 7) is 7.07. The van der Waals surface area contributed by atoms with Crippen molar-refractivity contribution >= 4 is 8.80 Å². The van der Waals surface area contributed by atoms with Crippen molar-refractivity contribution in [2.45, 2.75) is 25.6 Å². The maximum absolute atomic E-state index is 4.00. The molecule has 1 rings (SSSR count). The van der Waals surface area contributed by atoms with Gasteiger partial charge in [-0.3, -0.25) is 4.98 Å². The zero-order valence-corrected chi connectivity index (χ0v) is 8.57. The van der Waals surface area contributed by atoms with Gasteiger partial charge < -0.3 is 0 Å². The molecule has 0 aliphatic carbocycles. The number of hydrogen-bond acceptors (Lipinski definition) is 1. The van der Waals surface area contributed by atoms with Gasteiger partial charge in [0.25, 0.3) is 0 Å². The number of aromatic nitrogens is 1. The van der Waals surface area contributed by atoms with Crippen molar-refractivity contribution in [2.24, 2.45) is 0 Å². The first-order valence-electron chi connectivity index (χ1n) is 4.11. The Kier molecular flexibility index (Phi) is 2.82. The summed E-state index contributed by atoms with van der Waals surface area (Å²) in [5.41, 5.74) is 2.22. The molecule has 0 radical (unpaired) electrons. The maximum Gasteiger partial charge on any atom is 0.0384 e. The minimum Gasteiger partial charge on any atom is -0.265 e. The quantitative estimate of drug-likeness (QED) is 0.612. The Bertz CT molecular complexity index is 208. The van der Waals surface area contributed by atoms with Crippen LogP contribution in [0.5, 0.6) is 0 Å². The van der Waals surface area contributed by atoms with Crippen LogP contribution in [-0.4, -0.2) is 13.8 Å². The van der Waals surface area contributed by atoms with E-state index >= 15 is 0 Å².